The van der Waals surface area contributed by atoms with Gasteiger partial charge in [0.05, 0.1) is 31.6 Å². The van der Waals surface area contributed by atoms with Crippen LogP contribution in [0.4, 0.5) is 0 Å². The van der Waals surface area contributed by atoms with Crippen molar-refractivity contribution in [3.63, 3.8) is 0 Å². The van der Waals surface area contributed by atoms with Gasteiger partial charge in [-0.2, -0.15) is 4.98 Å². The molecular formula is C31H26N2O8. The minimum Gasteiger partial charge on any atom is -0.507 e. The number of methoxy groups -OCH3 is 1. The molecule has 0 aliphatic rings. The summed E-state index contributed by atoms with van der Waals surface area (Å²) >= 11 is 0. The van der Waals surface area contributed by atoms with Crippen LogP contribution in [0.3, 0.4) is 0 Å². The second-order valence-corrected chi connectivity index (χ2v) is 8.76. The van der Waals surface area contributed by atoms with Crippen LogP contribution in [0.1, 0.15) is 28.4 Å². The molecule has 0 amide bonds. The van der Waals surface area contributed by atoms with Crippen LogP contribution >= 0.6 is 0 Å². The van der Waals surface area contributed by atoms with Gasteiger partial charge in [0.25, 0.3) is 5.78 Å². The number of ketones is 1. The smallest absolute Gasteiger partial charge is 0.376 e. The third kappa shape index (κ3) is 6.39. The van der Waals surface area contributed by atoms with Crippen molar-refractivity contribution in [1.82, 2.24) is 9.55 Å². The Balaban J connectivity index is 1.88. The first-order valence-corrected chi connectivity index (χ1v) is 12.5. The fraction of sp³-hybridized carbons (Fsp3) is 0.129. The Hall–Kier alpha value is -5.51. The van der Waals surface area contributed by atoms with Crippen molar-refractivity contribution in [1.29, 1.82) is 0 Å². The van der Waals surface area contributed by atoms with Crippen LogP contribution in [-0.2, 0) is 20.9 Å². The molecule has 41 heavy (non-hydrogen) atoms. The Morgan fingerprint density at radius 1 is 0.902 bits per heavy atom. The molecular weight excluding hydrogens is 528 g/mol. The molecule has 4 rings (SSSR count). The highest BCUT2D eigenvalue weighted by Crippen LogP contribution is 2.32. The lowest BCUT2D eigenvalue weighted by atomic mass is 9.99. The number of nitrogens with zero attached hydrogens (tertiary/aromatic N) is 2. The minimum absolute atomic E-state index is 0.00414. The van der Waals surface area contributed by atoms with E-state index in [1.165, 1.54) is 23.8 Å². The largest absolute Gasteiger partial charge is 0.507 e. The van der Waals surface area contributed by atoms with Crippen molar-refractivity contribution < 1.29 is 34.1 Å². The zero-order chi connectivity index (χ0) is 29.5. The normalized spacial score (nSPS) is 11.1. The molecule has 0 unspecified atom stereocenters. The fourth-order valence-corrected chi connectivity index (χ4v) is 4.18. The molecule has 1 aromatic heterocycles. The maximum atomic E-state index is 13.6. The summed E-state index contributed by atoms with van der Waals surface area (Å²) in [7, 11) is 1.53. The average molecular weight is 555 g/mol. The highest BCUT2D eigenvalue weighted by molar-refractivity contribution is 6.38. The van der Waals surface area contributed by atoms with Crippen molar-refractivity contribution in [2.75, 3.05) is 13.7 Å². The Bertz CT molecular complexity index is 1670. The van der Waals surface area contributed by atoms with Gasteiger partial charge in [-0.15, -0.1) is 0 Å². The molecule has 0 aliphatic carbocycles. The maximum Gasteiger partial charge on any atom is 0.376 e. The Morgan fingerprint density at radius 3 is 2.15 bits per heavy atom. The van der Waals surface area contributed by atoms with Crippen molar-refractivity contribution in [2.45, 2.75) is 13.5 Å². The highest BCUT2D eigenvalue weighted by atomic mass is 16.5. The average Bonchev–Trinajstić information content (AvgIpc) is 2.98. The Morgan fingerprint density at radius 2 is 1.56 bits per heavy atom. The minimum atomic E-state index is -1.69. The van der Waals surface area contributed by atoms with E-state index in [1.54, 1.807) is 67.6 Å². The summed E-state index contributed by atoms with van der Waals surface area (Å²) in [6, 6.07) is 21.9. The Labute approximate surface area is 234 Å². The van der Waals surface area contributed by atoms with Gasteiger partial charge in [-0.05, 0) is 42.3 Å². The van der Waals surface area contributed by atoms with Crippen molar-refractivity contribution >= 4 is 23.5 Å². The van der Waals surface area contributed by atoms with Crippen LogP contribution in [-0.4, -0.2) is 51.2 Å². The van der Waals surface area contributed by atoms with E-state index in [9.17, 15) is 24.3 Å². The molecule has 0 fully saturated rings. The van der Waals surface area contributed by atoms with E-state index in [-0.39, 0.29) is 30.0 Å². The lowest BCUT2D eigenvalue weighted by molar-refractivity contribution is -0.146. The number of carboxylic acids is 1. The number of ether oxygens (including phenoxy) is 2. The second-order valence-electron chi connectivity index (χ2n) is 8.76. The lowest BCUT2D eigenvalue weighted by Gasteiger charge is -2.19. The van der Waals surface area contributed by atoms with Crippen LogP contribution in [0.15, 0.2) is 89.7 Å². The number of carbonyl (C=O) groups excluding carboxylic acids is 2. The van der Waals surface area contributed by atoms with Gasteiger partial charge in [-0.1, -0.05) is 54.6 Å². The van der Waals surface area contributed by atoms with Crippen LogP contribution < -0.4 is 10.4 Å². The van der Waals surface area contributed by atoms with Gasteiger partial charge >= 0.3 is 17.6 Å². The number of carbonyl (C=O) groups is 3. The molecule has 10 nitrogen and oxygen atoms in total. The number of aliphatic carboxylic acids is 1. The Kier molecular flexibility index (Phi) is 8.73. The topological polar surface area (TPSA) is 145 Å². The lowest BCUT2D eigenvalue weighted by Crippen LogP contribution is -2.29. The van der Waals surface area contributed by atoms with E-state index in [0.717, 1.165) is 0 Å². The SMILES string of the molecule is CCOC(=O)c1c(-c2ccc(OC)cc2)nc(=O)n(Cc2ccc(/C(O)=C/C(=O)C(=O)O)cc2)c1-c1ccccc1. The predicted octanol–water partition coefficient (Wildman–Crippen LogP) is 4.36. The summed E-state index contributed by atoms with van der Waals surface area (Å²) in [6.45, 7) is 1.80. The number of carboxylic acid groups (broad SMARTS) is 1. The van der Waals surface area contributed by atoms with E-state index in [2.05, 4.69) is 4.98 Å². The number of aromatic nitrogens is 2. The first kappa shape index (κ1) is 28.5. The van der Waals surface area contributed by atoms with Crippen LogP contribution in [0.2, 0.25) is 0 Å². The summed E-state index contributed by atoms with van der Waals surface area (Å²) in [5.74, 6) is -3.52. The molecule has 3 aromatic carbocycles. The van der Waals surface area contributed by atoms with Gasteiger partial charge in [0.1, 0.15) is 17.1 Å². The van der Waals surface area contributed by atoms with Gasteiger partial charge in [0.2, 0.25) is 0 Å². The number of aliphatic hydroxyl groups is 1. The molecule has 0 saturated carbocycles. The number of hydrogen-bond donors (Lipinski definition) is 2. The molecule has 208 valence electrons. The van der Waals surface area contributed by atoms with Gasteiger partial charge in [0, 0.05) is 17.2 Å². The van der Waals surface area contributed by atoms with E-state index >= 15 is 0 Å². The van der Waals surface area contributed by atoms with Crippen LogP contribution in [0.25, 0.3) is 28.3 Å². The fourth-order valence-electron chi connectivity index (χ4n) is 4.18. The number of esters is 1. The number of benzene rings is 3. The van der Waals surface area contributed by atoms with E-state index in [4.69, 9.17) is 14.6 Å². The zero-order valence-electron chi connectivity index (χ0n) is 22.2. The molecule has 0 saturated heterocycles. The molecule has 0 radical (unpaired) electrons. The van der Waals surface area contributed by atoms with Crippen molar-refractivity contribution in [3.05, 3.63) is 112 Å². The highest BCUT2D eigenvalue weighted by Gasteiger charge is 2.26. The summed E-state index contributed by atoms with van der Waals surface area (Å²) in [6.07, 6.45) is 0.614. The molecule has 0 bridgehead atoms. The summed E-state index contributed by atoms with van der Waals surface area (Å²) in [5, 5.41) is 18.9. The van der Waals surface area contributed by atoms with Crippen LogP contribution in [0, 0.1) is 0 Å². The number of aliphatic hydroxyl groups excluding tert-OH is 1. The van der Waals surface area contributed by atoms with E-state index in [1.807, 2.05) is 6.07 Å². The first-order chi connectivity index (χ1) is 19.7. The monoisotopic (exact) mass is 554 g/mol. The molecule has 0 atom stereocenters. The van der Waals surface area contributed by atoms with E-state index < -0.39 is 29.2 Å². The van der Waals surface area contributed by atoms with Crippen molar-refractivity contribution in [3.8, 4) is 28.3 Å². The van der Waals surface area contributed by atoms with Gasteiger partial charge in [-0.3, -0.25) is 9.36 Å². The molecule has 0 aliphatic heterocycles. The van der Waals surface area contributed by atoms with Gasteiger partial charge < -0.3 is 19.7 Å². The van der Waals surface area contributed by atoms with Crippen LogP contribution in [0.5, 0.6) is 5.75 Å². The van der Waals surface area contributed by atoms with Gasteiger partial charge in [-0.25, -0.2) is 14.4 Å². The number of hydrogen-bond acceptors (Lipinski definition) is 8. The van der Waals surface area contributed by atoms with Crippen molar-refractivity contribution in [2.24, 2.45) is 0 Å². The third-order valence-corrected chi connectivity index (χ3v) is 6.14. The quantitative estimate of drug-likeness (QED) is 0.126. The molecule has 1 heterocycles. The predicted molar refractivity (Wildman–Crippen MR) is 151 cm³/mol. The first-order valence-electron chi connectivity index (χ1n) is 12.5. The second kappa shape index (κ2) is 12.6. The third-order valence-electron chi connectivity index (χ3n) is 6.14. The summed E-state index contributed by atoms with van der Waals surface area (Å²) in [5.41, 5.74) is 1.92. The summed E-state index contributed by atoms with van der Waals surface area (Å²) < 4.78 is 12.0. The molecule has 10 heteroatoms. The molecule has 2 N–H and O–H groups in total. The summed E-state index contributed by atoms with van der Waals surface area (Å²) in [4.78, 5) is 53.5. The standard InChI is InChI=1S/C31H26N2O8/c1-3-41-30(38)26-27(21-13-15-23(40-2)16-14-21)32-31(39)33(28(26)22-7-5-4-6-8-22)18-19-9-11-20(12-10-19)24(34)17-25(35)29(36)37/h4-17,34H,3,18H2,1-2H3,(H,36,37)/b24-17-. The molecule has 0 spiro atoms. The zero-order valence-corrected chi connectivity index (χ0v) is 22.2. The number of rotatable bonds is 10. The van der Waals surface area contributed by atoms with Gasteiger partial charge in [0.15, 0.2) is 0 Å². The molecule has 4 aromatic rings. The maximum absolute atomic E-state index is 13.6. The van der Waals surface area contributed by atoms with E-state index in [0.29, 0.717) is 34.2 Å².